The number of rotatable bonds is 7. The van der Waals surface area contributed by atoms with Crippen LogP contribution in [0.1, 0.15) is 36.9 Å². The van der Waals surface area contributed by atoms with Crippen LogP contribution in [0.4, 0.5) is 10.1 Å². The van der Waals surface area contributed by atoms with E-state index in [4.69, 9.17) is 9.47 Å². The average Bonchev–Trinajstić information content (AvgIpc) is 3.10. The van der Waals surface area contributed by atoms with Gasteiger partial charge in [0.25, 0.3) is 5.91 Å². The van der Waals surface area contributed by atoms with Crippen molar-refractivity contribution in [2.75, 3.05) is 18.1 Å². The number of nitrogens with zero attached hydrogens (tertiary/aromatic N) is 2. The summed E-state index contributed by atoms with van der Waals surface area (Å²) in [5.41, 5.74) is 1.43. The van der Waals surface area contributed by atoms with Crippen molar-refractivity contribution in [2.24, 2.45) is 0 Å². The Balaban J connectivity index is 1.69. The summed E-state index contributed by atoms with van der Waals surface area (Å²) >= 11 is 1.54. The van der Waals surface area contributed by atoms with E-state index in [0.717, 1.165) is 36.6 Å². The Morgan fingerprint density at radius 2 is 2.19 bits per heavy atom. The number of hydrogen-bond acceptors (Lipinski definition) is 5. The number of carbonyl (C=O) groups is 1. The van der Waals surface area contributed by atoms with E-state index in [-0.39, 0.29) is 17.8 Å². The van der Waals surface area contributed by atoms with Gasteiger partial charge in [0.15, 0.2) is 0 Å². The number of carbonyl (C=O) groups excluding carboxylic acids is 1. The van der Waals surface area contributed by atoms with Crippen molar-refractivity contribution in [1.82, 2.24) is 4.98 Å². The van der Waals surface area contributed by atoms with Gasteiger partial charge in [0, 0.05) is 17.7 Å². The van der Waals surface area contributed by atoms with Gasteiger partial charge < -0.3 is 14.4 Å². The molecule has 146 valence electrons. The molecule has 1 fully saturated rings. The fourth-order valence-electron chi connectivity index (χ4n) is 3.04. The van der Waals surface area contributed by atoms with Gasteiger partial charge in [-0.2, -0.15) is 0 Å². The number of hydrogen-bond donors (Lipinski definition) is 0. The lowest BCUT2D eigenvalue weighted by Gasteiger charge is -2.27. The summed E-state index contributed by atoms with van der Waals surface area (Å²) in [5, 5.41) is 2.87. The highest BCUT2D eigenvalue weighted by atomic mass is 32.1. The van der Waals surface area contributed by atoms with E-state index in [1.165, 1.54) is 23.5 Å². The van der Waals surface area contributed by atoms with E-state index in [9.17, 15) is 9.18 Å². The van der Waals surface area contributed by atoms with Crippen molar-refractivity contribution in [1.29, 1.82) is 0 Å². The van der Waals surface area contributed by atoms with Crippen LogP contribution in [0.2, 0.25) is 0 Å². The molecule has 1 amide bonds. The molecule has 1 saturated heterocycles. The Morgan fingerprint density at radius 3 is 2.81 bits per heavy atom. The topological polar surface area (TPSA) is 51.7 Å². The van der Waals surface area contributed by atoms with Gasteiger partial charge >= 0.3 is 0 Å². The van der Waals surface area contributed by atoms with Crippen molar-refractivity contribution < 1.29 is 18.7 Å². The SMILES string of the molecule is Cc1nc(CN(C(=O)C(C)OCC2CCCCO2)c2ccc(F)cc2)cs1. The first-order valence-corrected chi connectivity index (χ1v) is 10.1. The summed E-state index contributed by atoms with van der Waals surface area (Å²) in [6.07, 6.45) is 2.59. The Hall–Kier alpha value is -1.83. The van der Waals surface area contributed by atoms with Crippen LogP contribution >= 0.6 is 11.3 Å². The molecule has 1 aromatic carbocycles. The minimum atomic E-state index is -0.625. The minimum absolute atomic E-state index is 0.0504. The number of amides is 1. The van der Waals surface area contributed by atoms with Crippen LogP contribution in [0.5, 0.6) is 0 Å². The number of benzene rings is 1. The summed E-state index contributed by atoms with van der Waals surface area (Å²) in [6.45, 7) is 5.14. The zero-order chi connectivity index (χ0) is 19.2. The molecular weight excluding hydrogens is 367 g/mol. The molecule has 0 N–H and O–H groups in total. The fraction of sp³-hybridized carbons (Fsp3) is 0.500. The molecule has 2 aromatic rings. The molecule has 0 radical (unpaired) electrons. The number of anilines is 1. The summed E-state index contributed by atoms with van der Waals surface area (Å²) in [5.74, 6) is -0.516. The van der Waals surface area contributed by atoms with Gasteiger partial charge in [-0.1, -0.05) is 0 Å². The summed E-state index contributed by atoms with van der Waals surface area (Å²) < 4.78 is 24.8. The largest absolute Gasteiger partial charge is 0.376 e. The predicted octanol–water partition coefficient (Wildman–Crippen LogP) is 4.10. The minimum Gasteiger partial charge on any atom is -0.376 e. The van der Waals surface area contributed by atoms with E-state index < -0.39 is 6.10 Å². The molecule has 7 heteroatoms. The van der Waals surface area contributed by atoms with Gasteiger partial charge in [-0.25, -0.2) is 9.37 Å². The maximum atomic E-state index is 13.3. The Bertz CT molecular complexity index is 744. The number of aromatic nitrogens is 1. The Labute approximate surface area is 163 Å². The second-order valence-corrected chi connectivity index (χ2v) is 7.79. The van der Waals surface area contributed by atoms with Gasteiger partial charge in [-0.05, 0) is 57.4 Å². The third kappa shape index (κ3) is 5.57. The van der Waals surface area contributed by atoms with E-state index in [1.807, 2.05) is 12.3 Å². The first-order chi connectivity index (χ1) is 13.0. The number of ether oxygens (including phenoxy) is 2. The average molecular weight is 392 g/mol. The number of thiazole rings is 1. The molecule has 27 heavy (non-hydrogen) atoms. The van der Waals surface area contributed by atoms with Gasteiger partial charge in [0.05, 0.1) is 30.0 Å². The van der Waals surface area contributed by atoms with Crippen LogP contribution in [0.3, 0.4) is 0 Å². The molecule has 3 rings (SSSR count). The molecule has 2 heterocycles. The van der Waals surface area contributed by atoms with Gasteiger partial charge in [-0.15, -0.1) is 11.3 Å². The maximum absolute atomic E-state index is 13.3. The third-order valence-electron chi connectivity index (χ3n) is 4.54. The quantitative estimate of drug-likeness (QED) is 0.712. The Kier molecular flexibility index (Phi) is 6.93. The van der Waals surface area contributed by atoms with Crippen molar-refractivity contribution in [3.05, 3.63) is 46.2 Å². The molecule has 0 spiro atoms. The van der Waals surface area contributed by atoms with Crippen LogP contribution < -0.4 is 4.90 Å². The maximum Gasteiger partial charge on any atom is 0.256 e. The second-order valence-electron chi connectivity index (χ2n) is 6.72. The zero-order valence-electron chi connectivity index (χ0n) is 15.7. The lowest BCUT2D eigenvalue weighted by molar-refractivity contribution is -0.133. The summed E-state index contributed by atoms with van der Waals surface area (Å²) in [4.78, 5) is 19.1. The molecule has 2 atom stereocenters. The molecule has 0 bridgehead atoms. The summed E-state index contributed by atoms with van der Waals surface area (Å²) in [7, 11) is 0. The third-order valence-corrected chi connectivity index (χ3v) is 5.37. The van der Waals surface area contributed by atoms with E-state index in [0.29, 0.717) is 18.8 Å². The van der Waals surface area contributed by atoms with Crippen molar-refractivity contribution in [2.45, 2.75) is 51.9 Å². The molecule has 0 aliphatic carbocycles. The first-order valence-electron chi connectivity index (χ1n) is 9.24. The van der Waals surface area contributed by atoms with Crippen LogP contribution in [-0.4, -0.2) is 36.3 Å². The first kappa shape index (κ1) is 19.9. The van der Waals surface area contributed by atoms with Crippen LogP contribution in [0.15, 0.2) is 29.6 Å². The summed E-state index contributed by atoms with van der Waals surface area (Å²) in [6, 6.07) is 5.90. The molecule has 1 aliphatic heterocycles. The molecule has 5 nitrogen and oxygen atoms in total. The number of halogens is 1. The normalized spacial score (nSPS) is 18.3. The van der Waals surface area contributed by atoms with E-state index >= 15 is 0 Å². The molecule has 0 saturated carbocycles. The fourth-order valence-corrected chi connectivity index (χ4v) is 3.65. The van der Waals surface area contributed by atoms with Crippen LogP contribution in [0.25, 0.3) is 0 Å². The molecular formula is C20H25FN2O3S. The predicted molar refractivity (Wildman–Crippen MR) is 103 cm³/mol. The van der Waals surface area contributed by atoms with E-state index in [1.54, 1.807) is 24.0 Å². The van der Waals surface area contributed by atoms with Gasteiger partial charge in [-0.3, -0.25) is 4.79 Å². The Morgan fingerprint density at radius 1 is 1.41 bits per heavy atom. The number of aryl methyl sites for hydroxylation is 1. The zero-order valence-corrected chi connectivity index (χ0v) is 16.5. The van der Waals surface area contributed by atoms with Gasteiger partial charge in [0.1, 0.15) is 11.9 Å². The van der Waals surface area contributed by atoms with Crippen LogP contribution in [0, 0.1) is 12.7 Å². The van der Waals surface area contributed by atoms with Gasteiger partial charge in [0.2, 0.25) is 0 Å². The van der Waals surface area contributed by atoms with Crippen molar-refractivity contribution in [3.8, 4) is 0 Å². The highest BCUT2D eigenvalue weighted by molar-refractivity contribution is 7.09. The standard InChI is InChI=1S/C20H25FN2O3S/c1-14(26-12-19-5-3-4-10-25-19)20(24)23(11-17-13-27-15(2)22-17)18-8-6-16(21)7-9-18/h6-9,13-14,19H,3-5,10-12H2,1-2H3. The monoisotopic (exact) mass is 392 g/mol. The van der Waals surface area contributed by atoms with Crippen molar-refractivity contribution >= 4 is 22.9 Å². The van der Waals surface area contributed by atoms with Crippen molar-refractivity contribution in [3.63, 3.8) is 0 Å². The smallest absolute Gasteiger partial charge is 0.256 e. The highest BCUT2D eigenvalue weighted by Crippen LogP contribution is 2.21. The van der Waals surface area contributed by atoms with Crippen LogP contribution in [-0.2, 0) is 20.8 Å². The second kappa shape index (κ2) is 9.39. The molecule has 2 unspecified atom stereocenters. The highest BCUT2D eigenvalue weighted by Gasteiger charge is 2.25. The molecule has 1 aromatic heterocycles. The lowest BCUT2D eigenvalue weighted by Crippen LogP contribution is -2.40. The van der Waals surface area contributed by atoms with E-state index in [2.05, 4.69) is 4.98 Å². The molecule has 1 aliphatic rings. The lowest BCUT2D eigenvalue weighted by atomic mass is 10.1.